The van der Waals surface area contributed by atoms with Crippen LogP contribution in [0.25, 0.3) is 10.9 Å². The van der Waals surface area contributed by atoms with E-state index in [9.17, 15) is 4.79 Å². The second-order valence-corrected chi connectivity index (χ2v) is 7.12. The molecule has 2 aromatic carbocycles. The molecule has 4 rings (SSSR count). The van der Waals surface area contributed by atoms with Crippen molar-refractivity contribution in [2.75, 3.05) is 20.1 Å². The standard InChI is InChI=1S/C22H24N2O2/c1-24-11-9-17(10-12-24)26-18-7-8-19-20(15-23-21(19)14-18)22(25)13-16-5-3-2-4-6-16/h2-8,14-15,17,23H,9-13H2,1H3. The number of ether oxygens (including phenoxy) is 1. The predicted molar refractivity (Wildman–Crippen MR) is 104 cm³/mol. The second kappa shape index (κ2) is 7.34. The van der Waals surface area contributed by atoms with Gasteiger partial charge in [-0.15, -0.1) is 0 Å². The molecular formula is C22H24N2O2. The summed E-state index contributed by atoms with van der Waals surface area (Å²) in [7, 11) is 2.15. The number of H-pyrrole nitrogens is 1. The lowest BCUT2D eigenvalue weighted by Crippen LogP contribution is -2.35. The zero-order chi connectivity index (χ0) is 17.9. The monoisotopic (exact) mass is 348 g/mol. The van der Waals surface area contributed by atoms with E-state index in [1.807, 2.05) is 54.7 Å². The number of fused-ring (bicyclic) bond motifs is 1. The molecule has 1 saturated heterocycles. The Morgan fingerprint density at radius 1 is 1.15 bits per heavy atom. The molecule has 0 spiro atoms. The van der Waals surface area contributed by atoms with Crippen molar-refractivity contribution in [2.45, 2.75) is 25.4 Å². The van der Waals surface area contributed by atoms with Gasteiger partial charge in [0.25, 0.3) is 0 Å². The van der Waals surface area contributed by atoms with Gasteiger partial charge in [0, 0.05) is 48.2 Å². The van der Waals surface area contributed by atoms with Crippen molar-refractivity contribution in [1.82, 2.24) is 9.88 Å². The van der Waals surface area contributed by atoms with E-state index in [0.29, 0.717) is 6.42 Å². The summed E-state index contributed by atoms with van der Waals surface area (Å²) < 4.78 is 6.15. The molecule has 0 saturated carbocycles. The molecule has 0 bridgehead atoms. The number of nitrogens with zero attached hydrogens (tertiary/aromatic N) is 1. The van der Waals surface area contributed by atoms with Crippen LogP contribution < -0.4 is 4.74 Å². The van der Waals surface area contributed by atoms with Gasteiger partial charge in [0.05, 0.1) is 0 Å². The fourth-order valence-electron chi connectivity index (χ4n) is 3.58. The van der Waals surface area contributed by atoms with Crippen LogP contribution in [0.1, 0.15) is 28.8 Å². The molecule has 0 amide bonds. The molecule has 3 aromatic rings. The van der Waals surface area contributed by atoms with E-state index in [1.54, 1.807) is 0 Å². The molecule has 134 valence electrons. The van der Waals surface area contributed by atoms with Crippen molar-refractivity contribution in [3.63, 3.8) is 0 Å². The van der Waals surface area contributed by atoms with Crippen molar-refractivity contribution < 1.29 is 9.53 Å². The average molecular weight is 348 g/mol. The summed E-state index contributed by atoms with van der Waals surface area (Å²) in [6.45, 7) is 2.15. The molecule has 1 fully saturated rings. The maximum Gasteiger partial charge on any atom is 0.169 e. The molecule has 1 aliphatic rings. The first-order valence-electron chi connectivity index (χ1n) is 9.22. The molecule has 4 heteroatoms. The van der Waals surface area contributed by atoms with E-state index in [0.717, 1.165) is 53.7 Å². The molecule has 1 aliphatic heterocycles. The number of likely N-dealkylation sites (tertiary alicyclic amines) is 1. The largest absolute Gasteiger partial charge is 0.490 e. The number of hydrogen-bond acceptors (Lipinski definition) is 3. The van der Waals surface area contributed by atoms with E-state index in [2.05, 4.69) is 16.9 Å². The first-order valence-corrected chi connectivity index (χ1v) is 9.22. The Morgan fingerprint density at radius 2 is 1.92 bits per heavy atom. The summed E-state index contributed by atoms with van der Waals surface area (Å²) in [5, 5.41) is 0.960. The van der Waals surface area contributed by atoms with Gasteiger partial charge in [0.1, 0.15) is 11.9 Å². The number of ketones is 1. The van der Waals surface area contributed by atoms with Gasteiger partial charge in [-0.05, 0) is 37.6 Å². The number of Topliss-reactive ketones (excluding diaryl/α,β-unsaturated/α-hetero) is 1. The topological polar surface area (TPSA) is 45.3 Å². The summed E-state index contributed by atoms with van der Waals surface area (Å²) >= 11 is 0. The maximum absolute atomic E-state index is 12.7. The Labute approximate surface area is 153 Å². The number of piperidine rings is 1. The van der Waals surface area contributed by atoms with Crippen molar-refractivity contribution in [2.24, 2.45) is 0 Å². The minimum absolute atomic E-state index is 0.131. The molecule has 1 N–H and O–H groups in total. The zero-order valence-electron chi connectivity index (χ0n) is 15.1. The van der Waals surface area contributed by atoms with Gasteiger partial charge in [-0.2, -0.15) is 0 Å². The Hall–Kier alpha value is -2.59. The molecule has 0 aliphatic carbocycles. The summed E-state index contributed by atoms with van der Waals surface area (Å²) in [5.41, 5.74) is 2.73. The number of benzene rings is 2. The Kier molecular flexibility index (Phi) is 4.76. The van der Waals surface area contributed by atoms with Crippen LogP contribution in [0.5, 0.6) is 5.75 Å². The zero-order valence-corrected chi connectivity index (χ0v) is 15.1. The molecular weight excluding hydrogens is 324 g/mol. The molecule has 0 atom stereocenters. The van der Waals surface area contributed by atoms with Gasteiger partial charge in [0.2, 0.25) is 0 Å². The number of hydrogen-bond donors (Lipinski definition) is 1. The average Bonchev–Trinajstić information content (AvgIpc) is 3.08. The van der Waals surface area contributed by atoms with Gasteiger partial charge >= 0.3 is 0 Å². The van der Waals surface area contributed by atoms with Gasteiger partial charge in [0.15, 0.2) is 5.78 Å². The van der Waals surface area contributed by atoms with Crippen molar-refractivity contribution in [3.05, 3.63) is 65.9 Å². The lowest BCUT2D eigenvalue weighted by atomic mass is 10.0. The Balaban J connectivity index is 1.49. The summed E-state index contributed by atoms with van der Waals surface area (Å²) in [6, 6.07) is 15.8. The second-order valence-electron chi connectivity index (χ2n) is 7.12. The van der Waals surface area contributed by atoms with E-state index >= 15 is 0 Å². The predicted octanol–water partition coefficient (Wildman–Crippen LogP) is 4.07. The highest BCUT2D eigenvalue weighted by atomic mass is 16.5. The van der Waals surface area contributed by atoms with Crippen LogP contribution in [0.4, 0.5) is 0 Å². The first kappa shape index (κ1) is 16.9. The molecule has 26 heavy (non-hydrogen) atoms. The number of rotatable bonds is 5. The SMILES string of the molecule is CN1CCC(Oc2ccc3c(C(=O)Cc4ccccc4)c[nH]c3c2)CC1. The van der Waals surface area contributed by atoms with E-state index in [4.69, 9.17) is 4.74 Å². The number of nitrogens with one attached hydrogen (secondary N) is 1. The van der Waals surface area contributed by atoms with Crippen molar-refractivity contribution in [1.29, 1.82) is 0 Å². The summed E-state index contributed by atoms with van der Waals surface area (Å²) in [5.74, 6) is 1.00. The van der Waals surface area contributed by atoms with Crippen LogP contribution in [-0.4, -0.2) is 41.9 Å². The van der Waals surface area contributed by atoms with Crippen LogP contribution in [0.15, 0.2) is 54.7 Å². The summed E-state index contributed by atoms with van der Waals surface area (Å²) in [4.78, 5) is 18.2. The van der Waals surface area contributed by atoms with Crippen molar-refractivity contribution in [3.8, 4) is 5.75 Å². The Bertz CT molecular complexity index is 893. The first-order chi connectivity index (χ1) is 12.7. The maximum atomic E-state index is 12.7. The smallest absolute Gasteiger partial charge is 0.169 e. The van der Waals surface area contributed by atoms with Crippen LogP contribution in [-0.2, 0) is 6.42 Å². The minimum Gasteiger partial charge on any atom is -0.490 e. The number of carbonyl (C=O) groups is 1. The quantitative estimate of drug-likeness (QED) is 0.707. The van der Waals surface area contributed by atoms with Crippen LogP contribution in [0, 0.1) is 0 Å². The number of aromatic nitrogens is 1. The third-order valence-electron chi connectivity index (χ3n) is 5.13. The van der Waals surface area contributed by atoms with E-state index in [1.165, 1.54) is 0 Å². The van der Waals surface area contributed by atoms with Crippen LogP contribution in [0.3, 0.4) is 0 Å². The highest BCUT2D eigenvalue weighted by molar-refractivity contribution is 6.08. The lowest BCUT2D eigenvalue weighted by Gasteiger charge is -2.29. The fraction of sp³-hybridized carbons (Fsp3) is 0.318. The lowest BCUT2D eigenvalue weighted by molar-refractivity contribution is 0.0994. The van der Waals surface area contributed by atoms with Gasteiger partial charge < -0.3 is 14.6 Å². The highest BCUT2D eigenvalue weighted by Gasteiger charge is 2.19. The van der Waals surface area contributed by atoms with Gasteiger partial charge in [-0.3, -0.25) is 4.79 Å². The molecule has 4 nitrogen and oxygen atoms in total. The molecule has 0 unspecified atom stereocenters. The molecule has 2 heterocycles. The Morgan fingerprint density at radius 3 is 2.69 bits per heavy atom. The molecule has 1 aromatic heterocycles. The highest BCUT2D eigenvalue weighted by Crippen LogP contribution is 2.26. The van der Waals surface area contributed by atoms with Gasteiger partial charge in [-0.25, -0.2) is 0 Å². The summed E-state index contributed by atoms with van der Waals surface area (Å²) in [6.07, 6.45) is 4.62. The van der Waals surface area contributed by atoms with Crippen molar-refractivity contribution >= 4 is 16.7 Å². The normalized spacial score (nSPS) is 16.0. The number of carbonyl (C=O) groups excluding carboxylic acids is 1. The van der Waals surface area contributed by atoms with Crippen LogP contribution in [0.2, 0.25) is 0 Å². The van der Waals surface area contributed by atoms with E-state index in [-0.39, 0.29) is 11.9 Å². The number of aromatic amines is 1. The molecule has 0 radical (unpaired) electrons. The van der Waals surface area contributed by atoms with Crippen LogP contribution >= 0.6 is 0 Å². The van der Waals surface area contributed by atoms with E-state index < -0.39 is 0 Å². The fourth-order valence-corrected chi connectivity index (χ4v) is 3.58. The third-order valence-corrected chi connectivity index (χ3v) is 5.13. The third kappa shape index (κ3) is 3.65. The minimum atomic E-state index is 0.131. The van der Waals surface area contributed by atoms with Gasteiger partial charge in [-0.1, -0.05) is 30.3 Å².